The maximum absolute atomic E-state index is 3.70. The molecule has 0 aliphatic carbocycles. The third-order valence-corrected chi connectivity index (χ3v) is 51.3. The van der Waals surface area contributed by atoms with Crippen LogP contribution in [-0.4, -0.2) is 147 Å². The summed E-state index contributed by atoms with van der Waals surface area (Å²) in [5.41, 5.74) is 0. The maximum atomic E-state index is 3.70. The van der Waals surface area contributed by atoms with Crippen LogP contribution in [0.5, 0.6) is 0 Å². The maximum Gasteiger partial charge on any atom is 0.230 e. The third-order valence-electron chi connectivity index (χ3n) is 10.0. The highest BCUT2D eigenvalue weighted by molar-refractivity contribution is 7.01. The van der Waals surface area contributed by atoms with Crippen LogP contribution in [0.15, 0.2) is 0 Å². The summed E-state index contributed by atoms with van der Waals surface area (Å²) in [7, 11) is 6.94. The van der Waals surface area contributed by atoms with Crippen LogP contribution in [0.1, 0.15) is 0 Å². The highest BCUT2D eigenvalue weighted by atomic mass is 28.5. The fourth-order valence-electron chi connectivity index (χ4n) is 5.24. The van der Waals surface area contributed by atoms with Crippen LogP contribution in [0, 0.1) is 0 Å². The minimum absolute atomic E-state index is 0.535. The van der Waals surface area contributed by atoms with Gasteiger partial charge in [0.1, 0.15) is 18.6 Å². The lowest BCUT2D eigenvalue weighted by atomic mass is 11.5. The fraction of sp³-hybridized carbons (Fsp3) is 1.00. The summed E-state index contributed by atoms with van der Waals surface area (Å²) in [4.78, 5) is 0. The Balaban J connectivity index is 6.17. The molecule has 0 aliphatic rings. The van der Waals surface area contributed by atoms with Crippen molar-refractivity contribution in [2.75, 3.05) is 42.3 Å². The Morgan fingerprint density at radius 2 is 0.784 bits per heavy atom. The Hall–Kier alpha value is 1.63. The van der Waals surface area contributed by atoms with Gasteiger partial charge in [-0.15, -0.1) is 0 Å². The minimum Gasteiger partial charge on any atom is -0.352 e. The van der Waals surface area contributed by atoms with E-state index >= 15 is 0 Å². The molecule has 218 valence electrons. The summed E-state index contributed by atoms with van der Waals surface area (Å²) < 4.78 is 23.8. The number of hydrogen-bond donors (Lipinski definition) is 2. The summed E-state index contributed by atoms with van der Waals surface area (Å²) in [6.07, 6.45) is 0. The standard InChI is InChI=1S/C20H62N8Si9/c1-23(31(7)22-30-21-29)33(11,12)25(3)35(15,16)27(5)37(19,20)28(6)36(17,18)26(4)34(13,14)24(2)32(8,9)10/h21-22H,1-20H3. The molecule has 0 unspecified atom stereocenters. The van der Waals surface area contributed by atoms with Crippen molar-refractivity contribution in [3.63, 3.8) is 0 Å². The van der Waals surface area contributed by atoms with Crippen LogP contribution in [0.2, 0.25) is 91.7 Å². The smallest absolute Gasteiger partial charge is 0.230 e. The van der Waals surface area contributed by atoms with Gasteiger partial charge in [0.05, 0.1) is 0 Å². The Bertz CT molecular complexity index is 733. The number of rotatable bonds is 15. The van der Waals surface area contributed by atoms with Gasteiger partial charge in [0.2, 0.25) is 19.0 Å². The molecule has 0 saturated carbocycles. The monoisotopic (exact) mass is 666 g/mol. The van der Waals surface area contributed by atoms with E-state index in [0.717, 1.165) is 0 Å². The molecule has 0 heterocycles. The molecule has 0 amide bonds. The van der Waals surface area contributed by atoms with E-state index in [1.807, 2.05) is 0 Å². The molecule has 2 N–H and O–H groups in total. The van der Waals surface area contributed by atoms with Crippen LogP contribution >= 0.6 is 0 Å². The van der Waals surface area contributed by atoms with E-state index in [-0.39, 0.29) is 0 Å². The van der Waals surface area contributed by atoms with Crippen molar-refractivity contribution in [1.29, 1.82) is 0 Å². The minimum atomic E-state index is -1.92. The van der Waals surface area contributed by atoms with E-state index in [0.29, 0.717) is 9.84 Å². The quantitative estimate of drug-likeness (QED) is 0.259. The average molecular weight is 668 g/mol. The van der Waals surface area contributed by atoms with Crippen molar-refractivity contribution in [2.24, 2.45) is 0 Å². The molecule has 6 radical (unpaired) electrons. The van der Waals surface area contributed by atoms with E-state index in [2.05, 4.69) is 179 Å². The zero-order valence-electron chi connectivity index (χ0n) is 28.2. The summed E-state index contributed by atoms with van der Waals surface area (Å²) in [6.45, 7) is 35.5. The van der Waals surface area contributed by atoms with Crippen LogP contribution in [0.4, 0.5) is 0 Å². The third kappa shape index (κ3) is 8.35. The molecule has 0 atom stereocenters. The Kier molecular flexibility index (Phi) is 13.9. The summed E-state index contributed by atoms with van der Waals surface area (Å²) in [5.74, 6) is 0. The first-order chi connectivity index (χ1) is 16.2. The van der Waals surface area contributed by atoms with Crippen LogP contribution in [0.3, 0.4) is 0 Å². The van der Waals surface area contributed by atoms with Gasteiger partial charge in [0.15, 0.2) is 42.0 Å². The van der Waals surface area contributed by atoms with Crippen molar-refractivity contribution in [2.45, 2.75) is 91.7 Å². The molecule has 0 bridgehead atoms. The number of nitrogens with zero attached hydrogens (tertiary/aromatic N) is 6. The molecule has 17 heteroatoms. The Morgan fingerprint density at radius 1 is 0.514 bits per heavy atom. The lowest BCUT2D eigenvalue weighted by molar-refractivity contribution is 0.514. The fourth-order valence-corrected chi connectivity index (χ4v) is 47.5. The molecule has 0 fully saturated rings. The molecular weight excluding hydrogens is 605 g/mol. The second-order valence-electron chi connectivity index (χ2n) is 14.0. The SMILES string of the molecule is CN([Si](C)N[Si]N[Si])[Si](C)(C)N(C)[Si](C)(C)N(C)[Si](C)(C)N(C)[Si](C)(C)N(C)[Si](C)(C)N(C)[Si](C)(C)C. The van der Waals surface area contributed by atoms with Crippen molar-refractivity contribution >= 4 is 79.6 Å². The lowest BCUT2D eigenvalue weighted by Crippen LogP contribution is -2.83. The van der Waals surface area contributed by atoms with E-state index in [1.165, 1.54) is 0 Å². The zero-order valence-corrected chi connectivity index (χ0v) is 37.2. The van der Waals surface area contributed by atoms with E-state index in [4.69, 9.17) is 0 Å². The topological polar surface area (TPSA) is 43.5 Å². The molecule has 0 aromatic rings. The second kappa shape index (κ2) is 13.3. The first-order valence-electron chi connectivity index (χ1n) is 13.4. The summed E-state index contributed by atoms with van der Waals surface area (Å²) in [6, 6.07) is 0. The number of hydrogen-bond acceptors (Lipinski definition) is 8. The van der Waals surface area contributed by atoms with Gasteiger partial charge in [0, 0.05) is 0 Å². The summed E-state index contributed by atoms with van der Waals surface area (Å²) >= 11 is 0. The molecule has 37 heavy (non-hydrogen) atoms. The van der Waals surface area contributed by atoms with E-state index in [1.54, 1.807) is 0 Å². The van der Waals surface area contributed by atoms with Gasteiger partial charge < -0.3 is 34.7 Å². The van der Waals surface area contributed by atoms with Crippen LogP contribution < -0.4 is 9.30 Å². The van der Waals surface area contributed by atoms with E-state index in [9.17, 15) is 0 Å². The molecule has 0 aliphatic heterocycles. The van der Waals surface area contributed by atoms with Gasteiger partial charge in [0.25, 0.3) is 0 Å². The average Bonchev–Trinajstić information content (AvgIpc) is 2.78. The van der Waals surface area contributed by atoms with E-state index < -0.39 is 59.3 Å². The van der Waals surface area contributed by atoms with Crippen molar-refractivity contribution in [1.82, 2.24) is 34.7 Å². The normalized spacial score (nSPS) is 15.6. The Morgan fingerprint density at radius 3 is 1.05 bits per heavy atom. The van der Waals surface area contributed by atoms with Crippen molar-refractivity contribution in [3.8, 4) is 0 Å². The molecule has 8 nitrogen and oxygen atoms in total. The zero-order chi connectivity index (χ0) is 30.2. The summed E-state index contributed by atoms with van der Waals surface area (Å²) in [5, 5.41) is 0. The van der Waals surface area contributed by atoms with Gasteiger partial charge in [-0.1, -0.05) is 19.6 Å². The molecule has 0 saturated heterocycles. The van der Waals surface area contributed by atoms with Gasteiger partial charge >= 0.3 is 0 Å². The lowest BCUT2D eigenvalue weighted by Gasteiger charge is -2.61. The highest BCUT2D eigenvalue weighted by Gasteiger charge is 2.54. The van der Waals surface area contributed by atoms with Crippen LogP contribution in [0.25, 0.3) is 0 Å². The molecule has 0 spiro atoms. The molecule has 0 aromatic heterocycles. The van der Waals surface area contributed by atoms with Crippen LogP contribution in [-0.2, 0) is 0 Å². The second-order valence-corrected chi connectivity index (χ2v) is 47.4. The van der Waals surface area contributed by atoms with Crippen molar-refractivity contribution < 1.29 is 0 Å². The van der Waals surface area contributed by atoms with Gasteiger partial charge in [-0.25, -0.2) is 0 Å². The van der Waals surface area contributed by atoms with Gasteiger partial charge in [-0.05, 0) is 114 Å². The molecule has 0 aromatic carbocycles. The predicted molar refractivity (Wildman–Crippen MR) is 187 cm³/mol. The largest absolute Gasteiger partial charge is 0.352 e. The first kappa shape index (κ1) is 38.6. The molecule has 0 rings (SSSR count). The predicted octanol–water partition coefficient (Wildman–Crippen LogP) is 2.84. The Labute approximate surface area is 247 Å². The number of nitrogens with one attached hydrogen (secondary N) is 2. The van der Waals surface area contributed by atoms with Crippen molar-refractivity contribution in [3.05, 3.63) is 0 Å². The van der Waals surface area contributed by atoms with Gasteiger partial charge in [-0.2, -0.15) is 0 Å². The highest BCUT2D eigenvalue weighted by Crippen LogP contribution is 2.32. The first-order valence-corrected chi connectivity index (χ1v) is 34.7. The van der Waals surface area contributed by atoms with Gasteiger partial charge in [-0.3, -0.25) is 0 Å². The molecular formula is C20H62N8Si9.